The molecule has 0 aliphatic heterocycles. The summed E-state index contributed by atoms with van der Waals surface area (Å²) < 4.78 is 0. The Balaban J connectivity index is 0. The standard InChI is InChI=1S/3Fe.13H2O/h;;;13*1H2. The van der Waals surface area contributed by atoms with Crippen LogP contribution in [0.3, 0.4) is 0 Å². The fourth-order valence-electron chi connectivity index (χ4n) is 0. The Morgan fingerprint density at radius 3 is 0.125 bits per heavy atom. The number of hydrogen-bond donors (Lipinski definition) is 0. The van der Waals surface area contributed by atoms with Gasteiger partial charge in [-0.1, -0.05) is 0 Å². The zero-order valence-electron chi connectivity index (χ0n) is 7.56. The van der Waals surface area contributed by atoms with Gasteiger partial charge in [0.2, 0.25) is 0 Å². The van der Waals surface area contributed by atoms with Crippen molar-refractivity contribution in [3.63, 3.8) is 0 Å². The predicted octanol–water partition coefficient (Wildman–Crippen LogP) is -10.7. The molecule has 0 atom stereocenters. The zero-order chi connectivity index (χ0) is 0. The Hall–Kier alpha value is 1.04. The van der Waals surface area contributed by atoms with Gasteiger partial charge in [0.1, 0.15) is 0 Å². The van der Waals surface area contributed by atoms with Gasteiger partial charge in [0.15, 0.2) is 0 Å². The number of hydrogen-bond acceptors (Lipinski definition) is 0. The molecule has 0 rings (SSSR count). The Morgan fingerprint density at radius 2 is 0.125 bits per heavy atom. The van der Waals surface area contributed by atoms with Gasteiger partial charge in [0.25, 0.3) is 0 Å². The Kier molecular flexibility index (Phi) is 854000. The van der Waals surface area contributed by atoms with Crippen molar-refractivity contribution in [2.45, 2.75) is 0 Å². The molecule has 0 spiro atoms. The van der Waals surface area contributed by atoms with E-state index >= 15 is 0 Å². The average molecular weight is 402 g/mol. The largest absolute Gasteiger partial charge is 0.412 e. The van der Waals surface area contributed by atoms with Crippen molar-refractivity contribution in [1.29, 1.82) is 0 Å². The summed E-state index contributed by atoms with van der Waals surface area (Å²) in [5.74, 6) is 0. The molecular formula is H26Fe3O13. The summed E-state index contributed by atoms with van der Waals surface area (Å²) in [5, 5.41) is 0. The smallest absolute Gasteiger partial charge is 0 e. The topological polar surface area (TPSA) is 410 Å². The normalized spacial score (nSPS) is 0. The molecule has 0 saturated carbocycles. The molecule has 0 aliphatic rings. The number of rotatable bonds is 0. The molecule has 0 aromatic rings. The third-order valence-electron chi connectivity index (χ3n) is 0. The van der Waals surface area contributed by atoms with Crippen LogP contribution in [-0.4, -0.2) is 71.2 Å². The first-order valence-corrected chi connectivity index (χ1v) is 0. The minimum atomic E-state index is 0. The SMILES string of the molecule is O.O.O.O.O.O.O.O.O.O.O.O.O.[Fe].[Fe].[Fe]. The van der Waals surface area contributed by atoms with E-state index in [4.69, 9.17) is 0 Å². The summed E-state index contributed by atoms with van der Waals surface area (Å²) in [6.45, 7) is 0. The van der Waals surface area contributed by atoms with Crippen LogP contribution in [0.5, 0.6) is 0 Å². The minimum Gasteiger partial charge on any atom is -0.412 e. The summed E-state index contributed by atoms with van der Waals surface area (Å²) in [5.41, 5.74) is 0. The van der Waals surface area contributed by atoms with Gasteiger partial charge in [-0.2, -0.15) is 0 Å². The molecule has 0 fully saturated rings. The molecule has 128 valence electrons. The molecule has 16 heavy (non-hydrogen) atoms. The predicted molar refractivity (Wildman–Crippen MR) is 47.0 cm³/mol. The molecule has 0 radical (unpaired) electrons. The molecule has 0 unspecified atom stereocenters. The second-order valence-electron chi connectivity index (χ2n) is 0. The molecule has 0 aromatic carbocycles. The summed E-state index contributed by atoms with van der Waals surface area (Å²) in [6.07, 6.45) is 0. The van der Waals surface area contributed by atoms with Crippen LogP contribution in [0.1, 0.15) is 0 Å². The van der Waals surface area contributed by atoms with E-state index in [0.717, 1.165) is 0 Å². The first-order valence-electron chi connectivity index (χ1n) is 0. The van der Waals surface area contributed by atoms with Crippen LogP contribution in [0.4, 0.5) is 0 Å². The van der Waals surface area contributed by atoms with Gasteiger partial charge in [0, 0.05) is 51.2 Å². The molecule has 0 saturated heterocycles. The Bertz CT molecular complexity index is 11.1. The Labute approximate surface area is 122 Å². The fourth-order valence-corrected chi connectivity index (χ4v) is 0. The van der Waals surface area contributed by atoms with Crippen molar-refractivity contribution in [3.05, 3.63) is 0 Å². The second kappa shape index (κ2) is 3360. The molecular weight excluding hydrogens is 376 g/mol. The van der Waals surface area contributed by atoms with Crippen LogP contribution in [0.25, 0.3) is 0 Å². The van der Waals surface area contributed by atoms with Gasteiger partial charge >= 0.3 is 0 Å². The molecule has 13 nitrogen and oxygen atoms in total. The van der Waals surface area contributed by atoms with Crippen LogP contribution < -0.4 is 0 Å². The van der Waals surface area contributed by atoms with Crippen LogP contribution >= 0.6 is 0 Å². The van der Waals surface area contributed by atoms with Crippen LogP contribution in [-0.2, 0) is 51.2 Å². The first kappa shape index (κ1) is 4060. The van der Waals surface area contributed by atoms with E-state index < -0.39 is 0 Å². The van der Waals surface area contributed by atoms with Gasteiger partial charge in [-0.3, -0.25) is 0 Å². The molecule has 16 heteroatoms. The van der Waals surface area contributed by atoms with Gasteiger partial charge < -0.3 is 71.2 Å². The first-order chi connectivity index (χ1) is 0. The molecule has 0 bridgehead atoms. The average Bonchev–Trinajstić information content (AvgIpc) is 0. The maximum atomic E-state index is 0. The van der Waals surface area contributed by atoms with Gasteiger partial charge in [-0.25, -0.2) is 0 Å². The zero-order valence-corrected chi connectivity index (χ0v) is 10.9. The monoisotopic (exact) mass is 402 g/mol. The quantitative estimate of drug-likeness (QED) is 0.341. The molecule has 0 aliphatic carbocycles. The maximum Gasteiger partial charge on any atom is 0 e. The van der Waals surface area contributed by atoms with E-state index in [9.17, 15) is 0 Å². The van der Waals surface area contributed by atoms with E-state index in [0.29, 0.717) is 0 Å². The third kappa shape index (κ3) is 2750. The molecule has 0 aromatic heterocycles. The second-order valence-corrected chi connectivity index (χ2v) is 0. The summed E-state index contributed by atoms with van der Waals surface area (Å²) in [7, 11) is 0. The molecule has 0 amide bonds. The van der Waals surface area contributed by atoms with Crippen molar-refractivity contribution in [3.8, 4) is 0 Å². The van der Waals surface area contributed by atoms with E-state index in [2.05, 4.69) is 0 Å². The van der Waals surface area contributed by atoms with E-state index in [1.54, 1.807) is 0 Å². The third-order valence-corrected chi connectivity index (χ3v) is 0. The fraction of sp³-hybridized carbons (Fsp3) is 0. The van der Waals surface area contributed by atoms with E-state index in [-0.39, 0.29) is 122 Å². The Morgan fingerprint density at radius 1 is 0.125 bits per heavy atom. The van der Waals surface area contributed by atoms with Crippen molar-refractivity contribution in [1.82, 2.24) is 0 Å². The van der Waals surface area contributed by atoms with Gasteiger partial charge in [-0.15, -0.1) is 0 Å². The van der Waals surface area contributed by atoms with E-state index in [1.165, 1.54) is 0 Å². The van der Waals surface area contributed by atoms with Crippen molar-refractivity contribution < 1.29 is 122 Å². The summed E-state index contributed by atoms with van der Waals surface area (Å²) in [4.78, 5) is 0. The van der Waals surface area contributed by atoms with E-state index in [1.807, 2.05) is 0 Å². The van der Waals surface area contributed by atoms with Crippen LogP contribution in [0, 0.1) is 0 Å². The van der Waals surface area contributed by atoms with Crippen molar-refractivity contribution in [2.24, 2.45) is 0 Å². The minimum absolute atomic E-state index is 0. The summed E-state index contributed by atoms with van der Waals surface area (Å²) in [6, 6.07) is 0. The van der Waals surface area contributed by atoms with Crippen LogP contribution in [0.15, 0.2) is 0 Å². The summed E-state index contributed by atoms with van der Waals surface area (Å²) >= 11 is 0. The van der Waals surface area contributed by atoms with Crippen molar-refractivity contribution in [2.75, 3.05) is 0 Å². The van der Waals surface area contributed by atoms with Crippen molar-refractivity contribution >= 4 is 0 Å². The molecule has 26 N–H and O–H groups in total. The van der Waals surface area contributed by atoms with Gasteiger partial charge in [-0.05, 0) is 0 Å². The molecule has 0 heterocycles. The maximum absolute atomic E-state index is 0. The van der Waals surface area contributed by atoms with Gasteiger partial charge in [0.05, 0.1) is 0 Å². The van der Waals surface area contributed by atoms with Crippen LogP contribution in [0.2, 0.25) is 0 Å².